The number of hydrogen-bond donors (Lipinski definition) is 2. The summed E-state index contributed by atoms with van der Waals surface area (Å²) in [5.41, 5.74) is 2.61. The van der Waals surface area contributed by atoms with Crippen LogP contribution in [0.15, 0.2) is 24.3 Å². The van der Waals surface area contributed by atoms with Crippen molar-refractivity contribution in [2.45, 2.75) is 24.2 Å². The average Bonchev–Trinajstić information content (AvgIpc) is 2.07. The predicted octanol–water partition coefficient (Wildman–Crippen LogP) is 1.44. The van der Waals surface area contributed by atoms with E-state index in [-0.39, 0.29) is 11.4 Å². The molecule has 0 saturated carbocycles. The van der Waals surface area contributed by atoms with Crippen molar-refractivity contribution >= 4 is 12.6 Å². The van der Waals surface area contributed by atoms with Crippen LogP contribution in [0.25, 0.3) is 0 Å². The lowest BCUT2D eigenvalue weighted by atomic mass is 9.89. The molecule has 2 heteroatoms. The maximum atomic E-state index is 9.55. The second-order valence-electron chi connectivity index (χ2n) is 3.31. The van der Waals surface area contributed by atoms with Crippen LogP contribution in [0, 0.1) is 0 Å². The number of hydrogen-bond acceptors (Lipinski definition) is 2. The molecular weight excluding hydrogens is 168 g/mol. The largest absolute Gasteiger partial charge is 0.392 e. The first-order valence-electron chi connectivity index (χ1n) is 4.20. The van der Waals surface area contributed by atoms with Crippen molar-refractivity contribution in [1.82, 2.24) is 0 Å². The fraction of sp³-hybridized carbons (Fsp3) is 0.400. The van der Waals surface area contributed by atoms with Gasteiger partial charge in [0.1, 0.15) is 0 Å². The fourth-order valence-corrected chi connectivity index (χ4v) is 1.98. The van der Waals surface area contributed by atoms with Crippen molar-refractivity contribution in [3.8, 4) is 0 Å². The maximum Gasteiger partial charge on any atom is 0.0699 e. The molecule has 1 nitrogen and oxygen atoms in total. The molecule has 1 aliphatic rings. The summed E-state index contributed by atoms with van der Waals surface area (Å²) in [5, 5.41) is 9.66. The zero-order valence-electron chi connectivity index (χ0n) is 6.77. The van der Waals surface area contributed by atoms with Gasteiger partial charge in [0.05, 0.1) is 6.10 Å². The van der Waals surface area contributed by atoms with Gasteiger partial charge in [0.2, 0.25) is 0 Å². The first-order chi connectivity index (χ1) is 5.77. The van der Waals surface area contributed by atoms with Gasteiger partial charge < -0.3 is 5.11 Å². The molecule has 2 rings (SSSR count). The second-order valence-corrected chi connectivity index (χ2v) is 3.97. The average molecular weight is 180 g/mol. The predicted molar refractivity (Wildman–Crippen MR) is 52.6 cm³/mol. The Hall–Kier alpha value is -0.470. The van der Waals surface area contributed by atoms with Gasteiger partial charge >= 0.3 is 0 Å². The van der Waals surface area contributed by atoms with Crippen LogP contribution < -0.4 is 0 Å². The maximum absolute atomic E-state index is 9.55. The summed E-state index contributed by atoms with van der Waals surface area (Å²) >= 11 is 4.33. The SMILES string of the molecule is OC1Cc2ccccc2CC1S. The van der Waals surface area contributed by atoms with E-state index in [0.29, 0.717) is 0 Å². The Kier molecular flexibility index (Phi) is 2.11. The molecule has 1 N–H and O–H groups in total. The van der Waals surface area contributed by atoms with Gasteiger partial charge in [0, 0.05) is 5.25 Å². The van der Waals surface area contributed by atoms with Crippen LogP contribution in [-0.4, -0.2) is 16.5 Å². The molecule has 2 unspecified atom stereocenters. The summed E-state index contributed by atoms with van der Waals surface area (Å²) in [6, 6.07) is 8.25. The van der Waals surface area contributed by atoms with Gasteiger partial charge in [-0.05, 0) is 24.0 Å². The molecule has 64 valence electrons. The number of aliphatic hydroxyl groups is 1. The zero-order chi connectivity index (χ0) is 8.55. The number of fused-ring (bicyclic) bond motifs is 1. The van der Waals surface area contributed by atoms with E-state index >= 15 is 0 Å². The van der Waals surface area contributed by atoms with Crippen molar-refractivity contribution in [2.24, 2.45) is 0 Å². The van der Waals surface area contributed by atoms with E-state index < -0.39 is 0 Å². The molecule has 0 bridgehead atoms. The molecule has 0 heterocycles. The Balaban J connectivity index is 2.34. The van der Waals surface area contributed by atoms with E-state index in [1.807, 2.05) is 12.1 Å². The molecule has 0 aromatic heterocycles. The number of thiol groups is 1. The molecule has 1 aromatic rings. The van der Waals surface area contributed by atoms with Gasteiger partial charge in [-0.3, -0.25) is 0 Å². The summed E-state index contributed by atoms with van der Waals surface area (Å²) in [5.74, 6) is 0. The summed E-state index contributed by atoms with van der Waals surface area (Å²) in [6.45, 7) is 0. The van der Waals surface area contributed by atoms with Crippen molar-refractivity contribution < 1.29 is 5.11 Å². The summed E-state index contributed by atoms with van der Waals surface area (Å²) in [4.78, 5) is 0. The molecule has 0 amide bonds. The summed E-state index contributed by atoms with van der Waals surface area (Å²) in [7, 11) is 0. The van der Waals surface area contributed by atoms with Crippen molar-refractivity contribution in [2.75, 3.05) is 0 Å². The summed E-state index contributed by atoms with van der Waals surface area (Å²) in [6.07, 6.45) is 1.37. The smallest absolute Gasteiger partial charge is 0.0699 e. The Morgan fingerprint density at radius 2 is 1.75 bits per heavy atom. The summed E-state index contributed by atoms with van der Waals surface area (Å²) < 4.78 is 0. The Bertz CT molecular complexity index is 256. The molecular formula is C10H12OS. The molecule has 0 fully saturated rings. The molecule has 0 saturated heterocycles. The number of aliphatic hydroxyl groups excluding tert-OH is 1. The van der Waals surface area contributed by atoms with E-state index in [0.717, 1.165) is 12.8 Å². The zero-order valence-corrected chi connectivity index (χ0v) is 7.67. The van der Waals surface area contributed by atoms with E-state index in [4.69, 9.17) is 0 Å². The minimum absolute atomic E-state index is 0.111. The van der Waals surface area contributed by atoms with Crippen molar-refractivity contribution in [3.05, 3.63) is 35.4 Å². The third-order valence-corrected chi connectivity index (χ3v) is 2.95. The van der Waals surface area contributed by atoms with Gasteiger partial charge in [-0.2, -0.15) is 12.6 Å². The van der Waals surface area contributed by atoms with Crippen LogP contribution in [0.3, 0.4) is 0 Å². The Morgan fingerprint density at radius 3 is 2.42 bits per heavy atom. The fourth-order valence-electron chi connectivity index (χ4n) is 1.68. The Labute approximate surface area is 77.8 Å². The molecule has 0 spiro atoms. The molecule has 0 radical (unpaired) electrons. The van der Waals surface area contributed by atoms with Crippen molar-refractivity contribution in [1.29, 1.82) is 0 Å². The van der Waals surface area contributed by atoms with Crippen LogP contribution in [-0.2, 0) is 12.8 Å². The van der Waals surface area contributed by atoms with Crippen LogP contribution in [0.4, 0.5) is 0 Å². The normalized spacial score (nSPS) is 28.2. The molecule has 12 heavy (non-hydrogen) atoms. The Morgan fingerprint density at radius 1 is 1.17 bits per heavy atom. The van der Waals surface area contributed by atoms with E-state index in [1.54, 1.807) is 0 Å². The number of benzene rings is 1. The van der Waals surface area contributed by atoms with Gasteiger partial charge in [0.15, 0.2) is 0 Å². The first-order valence-corrected chi connectivity index (χ1v) is 4.72. The van der Waals surface area contributed by atoms with Crippen molar-refractivity contribution in [3.63, 3.8) is 0 Å². The van der Waals surface area contributed by atoms with Crippen LogP contribution in [0.1, 0.15) is 11.1 Å². The quantitative estimate of drug-likeness (QED) is 0.579. The van der Waals surface area contributed by atoms with Crippen LogP contribution in [0.2, 0.25) is 0 Å². The highest BCUT2D eigenvalue weighted by molar-refractivity contribution is 7.81. The monoisotopic (exact) mass is 180 g/mol. The van der Waals surface area contributed by atoms with Gasteiger partial charge in [-0.25, -0.2) is 0 Å². The highest BCUT2D eigenvalue weighted by Crippen LogP contribution is 2.24. The van der Waals surface area contributed by atoms with Crippen LogP contribution >= 0.6 is 12.6 Å². The van der Waals surface area contributed by atoms with Gasteiger partial charge in [-0.1, -0.05) is 24.3 Å². The first kappa shape index (κ1) is 8.14. The molecule has 0 aliphatic heterocycles. The minimum atomic E-state index is -0.275. The lowest BCUT2D eigenvalue weighted by molar-refractivity contribution is 0.165. The third-order valence-electron chi connectivity index (χ3n) is 2.42. The number of rotatable bonds is 0. The lowest BCUT2D eigenvalue weighted by Gasteiger charge is -2.25. The highest BCUT2D eigenvalue weighted by Gasteiger charge is 2.23. The molecule has 1 aromatic carbocycles. The van der Waals surface area contributed by atoms with Gasteiger partial charge in [0.25, 0.3) is 0 Å². The standard InChI is InChI=1S/C10H12OS/c11-9-5-7-3-1-2-4-8(7)6-10(9)12/h1-4,9-12H,5-6H2. The van der Waals surface area contributed by atoms with E-state index in [9.17, 15) is 5.11 Å². The van der Waals surface area contributed by atoms with Crippen LogP contribution in [0.5, 0.6) is 0 Å². The molecule has 1 aliphatic carbocycles. The lowest BCUT2D eigenvalue weighted by Crippen LogP contribution is -2.30. The molecule has 2 atom stereocenters. The minimum Gasteiger partial charge on any atom is -0.392 e. The van der Waals surface area contributed by atoms with E-state index in [1.165, 1.54) is 11.1 Å². The van der Waals surface area contributed by atoms with Gasteiger partial charge in [-0.15, -0.1) is 0 Å². The highest BCUT2D eigenvalue weighted by atomic mass is 32.1. The topological polar surface area (TPSA) is 20.2 Å². The third kappa shape index (κ3) is 1.37. The second kappa shape index (κ2) is 3.11. The van der Waals surface area contributed by atoms with E-state index in [2.05, 4.69) is 24.8 Å².